The summed E-state index contributed by atoms with van der Waals surface area (Å²) in [6.07, 6.45) is 1.90. The standard InChI is InChI=1S/C19H22N2O3S/c1-13-11-18(20-15-7-5-4-6-8-15)17-12-16(25(3,23)24)9-10-19(17)21(13)14(2)22/h4-10,12-13,18,20H,11H2,1-3H3/t13-,18+/m0/s1. The topological polar surface area (TPSA) is 66.5 Å². The van der Waals surface area contributed by atoms with Gasteiger partial charge in [0.05, 0.1) is 10.9 Å². The van der Waals surface area contributed by atoms with Crippen molar-refractivity contribution in [2.75, 3.05) is 16.5 Å². The average molecular weight is 358 g/mol. The molecule has 2 aromatic rings. The zero-order valence-corrected chi connectivity index (χ0v) is 15.4. The molecule has 25 heavy (non-hydrogen) atoms. The third-order valence-corrected chi connectivity index (χ3v) is 5.64. The highest BCUT2D eigenvalue weighted by Gasteiger charge is 2.33. The molecule has 1 aliphatic rings. The molecule has 1 heterocycles. The lowest BCUT2D eigenvalue weighted by atomic mass is 9.91. The maximum atomic E-state index is 12.1. The highest BCUT2D eigenvalue weighted by Crippen LogP contribution is 2.40. The maximum absolute atomic E-state index is 12.1. The van der Waals surface area contributed by atoms with Crippen LogP contribution in [0.25, 0.3) is 0 Å². The zero-order valence-electron chi connectivity index (χ0n) is 14.6. The Labute approximate surface area is 148 Å². The Bertz CT molecular complexity index is 894. The van der Waals surface area contributed by atoms with Crippen molar-refractivity contribution in [3.05, 3.63) is 54.1 Å². The number of carbonyl (C=O) groups excluding carboxylic acids is 1. The predicted molar refractivity (Wildman–Crippen MR) is 99.6 cm³/mol. The first-order valence-electron chi connectivity index (χ1n) is 8.23. The molecule has 2 atom stereocenters. The van der Waals surface area contributed by atoms with E-state index in [1.165, 1.54) is 13.2 Å². The summed E-state index contributed by atoms with van der Waals surface area (Å²) >= 11 is 0. The van der Waals surface area contributed by atoms with E-state index in [0.29, 0.717) is 6.42 Å². The van der Waals surface area contributed by atoms with Crippen LogP contribution in [0.15, 0.2) is 53.4 Å². The Morgan fingerprint density at radius 2 is 1.84 bits per heavy atom. The Hall–Kier alpha value is -2.34. The summed E-state index contributed by atoms with van der Waals surface area (Å²) in [5, 5.41) is 3.47. The van der Waals surface area contributed by atoms with Gasteiger partial charge in [-0.15, -0.1) is 0 Å². The molecule has 1 N–H and O–H groups in total. The molecule has 132 valence electrons. The van der Waals surface area contributed by atoms with Crippen molar-refractivity contribution in [2.45, 2.75) is 37.2 Å². The fraction of sp³-hybridized carbons (Fsp3) is 0.316. The van der Waals surface area contributed by atoms with Gasteiger partial charge in [0.25, 0.3) is 0 Å². The minimum atomic E-state index is -3.32. The van der Waals surface area contributed by atoms with Crippen molar-refractivity contribution in [2.24, 2.45) is 0 Å². The van der Waals surface area contributed by atoms with E-state index < -0.39 is 9.84 Å². The van der Waals surface area contributed by atoms with E-state index in [2.05, 4.69) is 5.32 Å². The Morgan fingerprint density at radius 1 is 1.16 bits per heavy atom. The van der Waals surface area contributed by atoms with Crippen molar-refractivity contribution < 1.29 is 13.2 Å². The molecule has 2 aromatic carbocycles. The lowest BCUT2D eigenvalue weighted by molar-refractivity contribution is -0.117. The number of para-hydroxylation sites is 1. The summed E-state index contributed by atoms with van der Waals surface area (Å²) in [4.78, 5) is 14.1. The normalized spacial score (nSPS) is 20.0. The summed E-state index contributed by atoms with van der Waals surface area (Å²) in [7, 11) is -3.32. The van der Waals surface area contributed by atoms with Crippen LogP contribution in [0, 0.1) is 0 Å². The molecule has 0 unspecified atom stereocenters. The van der Waals surface area contributed by atoms with Crippen LogP contribution in [0.1, 0.15) is 31.9 Å². The van der Waals surface area contributed by atoms with E-state index in [4.69, 9.17) is 0 Å². The molecule has 0 aromatic heterocycles. The maximum Gasteiger partial charge on any atom is 0.224 e. The predicted octanol–water partition coefficient (Wildman–Crippen LogP) is 3.39. The van der Waals surface area contributed by atoms with Gasteiger partial charge in [-0.05, 0) is 49.2 Å². The number of nitrogens with one attached hydrogen (secondary N) is 1. The lowest BCUT2D eigenvalue weighted by Crippen LogP contribution is -2.43. The molecular formula is C19H22N2O3S. The summed E-state index contributed by atoms with van der Waals surface area (Å²) in [6, 6.07) is 14.7. The molecule has 0 aliphatic carbocycles. The van der Waals surface area contributed by atoms with Gasteiger partial charge in [0.2, 0.25) is 5.91 Å². The molecule has 5 nitrogen and oxygen atoms in total. The molecule has 0 saturated carbocycles. The van der Waals surface area contributed by atoms with Crippen molar-refractivity contribution in [3.8, 4) is 0 Å². The van der Waals surface area contributed by atoms with Gasteiger partial charge in [-0.1, -0.05) is 18.2 Å². The molecule has 0 saturated heterocycles. The first kappa shape index (κ1) is 17.5. The zero-order chi connectivity index (χ0) is 18.2. The minimum Gasteiger partial charge on any atom is -0.378 e. The molecule has 3 rings (SSSR count). The van der Waals surface area contributed by atoms with E-state index in [1.807, 2.05) is 37.3 Å². The van der Waals surface area contributed by atoms with E-state index in [0.717, 1.165) is 16.9 Å². The number of carbonyl (C=O) groups is 1. The van der Waals surface area contributed by atoms with Crippen LogP contribution < -0.4 is 10.2 Å². The largest absolute Gasteiger partial charge is 0.378 e. The number of hydrogen-bond acceptors (Lipinski definition) is 4. The van der Waals surface area contributed by atoms with Gasteiger partial charge in [-0.2, -0.15) is 0 Å². The highest BCUT2D eigenvalue weighted by molar-refractivity contribution is 7.90. The van der Waals surface area contributed by atoms with Gasteiger partial charge in [0, 0.05) is 30.6 Å². The molecule has 1 aliphatic heterocycles. The van der Waals surface area contributed by atoms with Gasteiger partial charge in [0.1, 0.15) is 0 Å². The van der Waals surface area contributed by atoms with Gasteiger partial charge in [-0.3, -0.25) is 4.79 Å². The second-order valence-electron chi connectivity index (χ2n) is 6.53. The summed E-state index contributed by atoms with van der Waals surface area (Å²) in [5.41, 5.74) is 2.57. The number of hydrogen-bond donors (Lipinski definition) is 1. The van der Waals surface area contributed by atoms with E-state index >= 15 is 0 Å². The summed E-state index contributed by atoms with van der Waals surface area (Å²) in [6.45, 7) is 3.55. The fourth-order valence-electron chi connectivity index (χ4n) is 3.42. The highest BCUT2D eigenvalue weighted by atomic mass is 32.2. The monoisotopic (exact) mass is 358 g/mol. The smallest absolute Gasteiger partial charge is 0.224 e. The second-order valence-corrected chi connectivity index (χ2v) is 8.55. The molecule has 0 bridgehead atoms. The van der Waals surface area contributed by atoms with Crippen LogP contribution in [-0.2, 0) is 14.6 Å². The molecule has 0 fully saturated rings. The van der Waals surface area contributed by atoms with Crippen molar-refractivity contribution in [1.29, 1.82) is 0 Å². The number of anilines is 2. The van der Waals surface area contributed by atoms with Crippen LogP contribution in [-0.4, -0.2) is 26.6 Å². The quantitative estimate of drug-likeness (QED) is 0.913. The van der Waals surface area contributed by atoms with Crippen LogP contribution in [0.2, 0.25) is 0 Å². The van der Waals surface area contributed by atoms with Crippen LogP contribution in [0.3, 0.4) is 0 Å². The first-order chi connectivity index (χ1) is 11.8. The van der Waals surface area contributed by atoms with Crippen molar-refractivity contribution in [1.82, 2.24) is 0 Å². The number of sulfone groups is 1. The fourth-order valence-corrected chi connectivity index (χ4v) is 4.08. The number of amides is 1. The third kappa shape index (κ3) is 3.54. The number of benzene rings is 2. The Morgan fingerprint density at radius 3 is 2.44 bits per heavy atom. The second kappa shape index (κ2) is 6.52. The molecular weight excluding hydrogens is 336 g/mol. The van der Waals surface area contributed by atoms with E-state index in [1.54, 1.807) is 23.1 Å². The van der Waals surface area contributed by atoms with Crippen LogP contribution >= 0.6 is 0 Å². The minimum absolute atomic E-state index is 0.0234. The van der Waals surface area contributed by atoms with E-state index in [9.17, 15) is 13.2 Å². The number of nitrogens with zero attached hydrogens (tertiary/aromatic N) is 1. The molecule has 6 heteroatoms. The van der Waals surface area contributed by atoms with Crippen LogP contribution in [0.4, 0.5) is 11.4 Å². The number of rotatable bonds is 3. The van der Waals surface area contributed by atoms with Crippen LogP contribution in [0.5, 0.6) is 0 Å². The summed E-state index contributed by atoms with van der Waals surface area (Å²) in [5.74, 6) is -0.0426. The Kier molecular flexibility index (Phi) is 4.56. The molecule has 0 radical (unpaired) electrons. The van der Waals surface area contributed by atoms with Gasteiger partial charge in [0.15, 0.2) is 9.84 Å². The van der Waals surface area contributed by atoms with Crippen molar-refractivity contribution in [3.63, 3.8) is 0 Å². The molecule has 1 amide bonds. The Balaban J connectivity index is 2.09. The lowest BCUT2D eigenvalue weighted by Gasteiger charge is -2.39. The molecule has 0 spiro atoms. The average Bonchev–Trinajstić information content (AvgIpc) is 2.54. The van der Waals surface area contributed by atoms with Gasteiger partial charge in [-0.25, -0.2) is 8.42 Å². The summed E-state index contributed by atoms with van der Waals surface area (Å²) < 4.78 is 23.9. The van der Waals surface area contributed by atoms with E-state index in [-0.39, 0.29) is 22.9 Å². The number of fused-ring (bicyclic) bond motifs is 1. The SMILES string of the molecule is CC(=O)N1c2ccc(S(C)(=O)=O)cc2[C@H](Nc2ccccc2)C[C@@H]1C. The first-order valence-corrected chi connectivity index (χ1v) is 10.1. The van der Waals surface area contributed by atoms with Gasteiger partial charge < -0.3 is 10.2 Å². The van der Waals surface area contributed by atoms with Crippen molar-refractivity contribution >= 4 is 27.1 Å². The third-order valence-electron chi connectivity index (χ3n) is 4.53. The van der Waals surface area contributed by atoms with Gasteiger partial charge >= 0.3 is 0 Å².